The summed E-state index contributed by atoms with van der Waals surface area (Å²) in [5.41, 5.74) is 4.53. The standard InChI is InChI=1S/C21H20N6O/c1-15-7-3-4-8-16(15)17-10-12-27(25-17)14-21(28)23-20-13-19(24-26(20)2)18-9-5-6-11-22-18/h3-13H,14H2,1-2H3,(H,23,28). The first-order chi connectivity index (χ1) is 13.6. The number of benzene rings is 1. The molecule has 0 radical (unpaired) electrons. The van der Waals surface area contributed by atoms with Gasteiger partial charge >= 0.3 is 0 Å². The summed E-state index contributed by atoms with van der Waals surface area (Å²) >= 11 is 0. The molecule has 7 heteroatoms. The second-order valence-electron chi connectivity index (χ2n) is 6.52. The summed E-state index contributed by atoms with van der Waals surface area (Å²) in [6.07, 6.45) is 3.52. The Kier molecular flexibility index (Phi) is 4.72. The molecule has 4 aromatic rings. The van der Waals surface area contributed by atoms with Crippen molar-refractivity contribution in [2.24, 2.45) is 7.05 Å². The lowest BCUT2D eigenvalue weighted by molar-refractivity contribution is -0.116. The van der Waals surface area contributed by atoms with Crippen LogP contribution in [0, 0.1) is 6.92 Å². The largest absolute Gasteiger partial charge is 0.309 e. The number of nitrogens with zero attached hydrogens (tertiary/aromatic N) is 5. The molecule has 28 heavy (non-hydrogen) atoms. The molecule has 0 aliphatic rings. The van der Waals surface area contributed by atoms with Crippen LogP contribution in [0.25, 0.3) is 22.6 Å². The molecule has 4 rings (SSSR count). The third-order valence-electron chi connectivity index (χ3n) is 4.44. The van der Waals surface area contributed by atoms with E-state index in [4.69, 9.17) is 0 Å². The summed E-state index contributed by atoms with van der Waals surface area (Å²) in [4.78, 5) is 16.8. The van der Waals surface area contributed by atoms with Crippen molar-refractivity contribution in [1.29, 1.82) is 0 Å². The first-order valence-electron chi connectivity index (χ1n) is 8.95. The van der Waals surface area contributed by atoms with Gasteiger partial charge in [0.2, 0.25) is 5.91 Å². The summed E-state index contributed by atoms with van der Waals surface area (Å²) in [5.74, 6) is 0.437. The van der Waals surface area contributed by atoms with E-state index < -0.39 is 0 Å². The predicted molar refractivity (Wildman–Crippen MR) is 107 cm³/mol. The highest BCUT2D eigenvalue weighted by Gasteiger charge is 2.12. The normalized spacial score (nSPS) is 10.8. The molecule has 0 saturated heterocycles. The zero-order valence-electron chi connectivity index (χ0n) is 15.7. The number of pyridine rings is 1. The Morgan fingerprint density at radius 2 is 1.82 bits per heavy atom. The molecule has 1 N–H and O–H groups in total. The fourth-order valence-electron chi connectivity index (χ4n) is 3.01. The summed E-state index contributed by atoms with van der Waals surface area (Å²) in [5, 5.41) is 11.8. The number of carbonyl (C=O) groups is 1. The minimum absolute atomic E-state index is 0.121. The number of amides is 1. The fourth-order valence-corrected chi connectivity index (χ4v) is 3.01. The molecule has 1 aromatic carbocycles. The molecule has 0 atom stereocenters. The van der Waals surface area contributed by atoms with Crippen LogP contribution in [-0.2, 0) is 18.4 Å². The number of nitrogens with one attached hydrogen (secondary N) is 1. The second-order valence-corrected chi connectivity index (χ2v) is 6.52. The highest BCUT2D eigenvalue weighted by molar-refractivity contribution is 5.90. The molecule has 0 bridgehead atoms. The lowest BCUT2D eigenvalue weighted by atomic mass is 10.1. The average molecular weight is 372 g/mol. The topological polar surface area (TPSA) is 77.6 Å². The molecular formula is C21H20N6O. The van der Waals surface area contributed by atoms with Gasteiger partial charge in [-0.15, -0.1) is 0 Å². The summed E-state index contributed by atoms with van der Waals surface area (Å²) in [6.45, 7) is 2.17. The molecule has 0 saturated carbocycles. The van der Waals surface area contributed by atoms with Crippen LogP contribution in [0.3, 0.4) is 0 Å². The molecule has 3 heterocycles. The molecule has 0 spiro atoms. The monoisotopic (exact) mass is 372 g/mol. The summed E-state index contributed by atoms with van der Waals surface area (Å²) in [7, 11) is 1.78. The molecular weight excluding hydrogens is 352 g/mol. The first-order valence-corrected chi connectivity index (χ1v) is 8.95. The first kappa shape index (κ1) is 17.7. The van der Waals surface area contributed by atoms with Gasteiger partial charge in [-0.1, -0.05) is 30.3 Å². The highest BCUT2D eigenvalue weighted by atomic mass is 16.2. The van der Waals surface area contributed by atoms with Crippen molar-refractivity contribution < 1.29 is 4.79 Å². The van der Waals surface area contributed by atoms with Gasteiger partial charge in [0.15, 0.2) is 0 Å². The van der Waals surface area contributed by atoms with Gasteiger partial charge in [0.1, 0.15) is 18.1 Å². The maximum Gasteiger partial charge on any atom is 0.247 e. The number of aromatic nitrogens is 5. The smallest absolute Gasteiger partial charge is 0.247 e. The molecule has 0 unspecified atom stereocenters. The SMILES string of the molecule is Cc1ccccc1-c1ccn(CC(=O)Nc2cc(-c3ccccn3)nn2C)n1. The van der Waals surface area contributed by atoms with Crippen LogP contribution in [-0.4, -0.2) is 30.5 Å². The van der Waals surface area contributed by atoms with Gasteiger partial charge < -0.3 is 5.32 Å². The maximum atomic E-state index is 12.5. The van der Waals surface area contributed by atoms with E-state index in [0.717, 1.165) is 22.5 Å². The van der Waals surface area contributed by atoms with Crippen molar-refractivity contribution in [3.63, 3.8) is 0 Å². The van der Waals surface area contributed by atoms with Crippen LogP contribution < -0.4 is 5.32 Å². The van der Waals surface area contributed by atoms with E-state index in [2.05, 4.69) is 20.5 Å². The van der Waals surface area contributed by atoms with Crippen molar-refractivity contribution in [1.82, 2.24) is 24.5 Å². The van der Waals surface area contributed by atoms with Gasteiger partial charge in [0.25, 0.3) is 0 Å². The van der Waals surface area contributed by atoms with Crippen LogP contribution in [0.4, 0.5) is 5.82 Å². The van der Waals surface area contributed by atoms with E-state index >= 15 is 0 Å². The van der Waals surface area contributed by atoms with E-state index in [9.17, 15) is 4.79 Å². The summed E-state index contributed by atoms with van der Waals surface area (Å²) in [6, 6.07) is 17.4. The summed E-state index contributed by atoms with van der Waals surface area (Å²) < 4.78 is 3.26. The number of hydrogen-bond acceptors (Lipinski definition) is 4. The Balaban J connectivity index is 1.46. The quantitative estimate of drug-likeness (QED) is 0.583. The van der Waals surface area contributed by atoms with Gasteiger partial charge in [-0.3, -0.25) is 19.1 Å². The molecule has 1 amide bonds. The Morgan fingerprint density at radius 1 is 1.00 bits per heavy atom. The number of rotatable bonds is 5. The van der Waals surface area contributed by atoms with E-state index in [1.807, 2.05) is 67.7 Å². The van der Waals surface area contributed by atoms with Crippen LogP contribution in [0.5, 0.6) is 0 Å². The fraction of sp³-hybridized carbons (Fsp3) is 0.143. The Labute approximate surface area is 162 Å². The lowest BCUT2D eigenvalue weighted by Crippen LogP contribution is -2.20. The average Bonchev–Trinajstić information content (AvgIpc) is 3.30. The zero-order valence-corrected chi connectivity index (χ0v) is 15.7. The second kappa shape index (κ2) is 7.48. The van der Waals surface area contributed by atoms with E-state index in [-0.39, 0.29) is 12.5 Å². The van der Waals surface area contributed by atoms with Crippen LogP contribution >= 0.6 is 0 Å². The Bertz CT molecular complexity index is 1110. The van der Waals surface area contributed by atoms with Gasteiger partial charge in [-0.25, -0.2) is 0 Å². The van der Waals surface area contributed by atoms with Crippen molar-refractivity contribution in [3.05, 3.63) is 72.6 Å². The molecule has 0 aliphatic carbocycles. The number of carbonyl (C=O) groups excluding carboxylic acids is 1. The molecule has 7 nitrogen and oxygen atoms in total. The zero-order chi connectivity index (χ0) is 19.5. The van der Waals surface area contributed by atoms with E-state index in [1.54, 1.807) is 22.6 Å². The number of anilines is 1. The van der Waals surface area contributed by atoms with Gasteiger partial charge in [-0.05, 0) is 30.7 Å². The van der Waals surface area contributed by atoms with Crippen molar-refractivity contribution in [2.75, 3.05) is 5.32 Å². The van der Waals surface area contributed by atoms with Crippen LogP contribution in [0.15, 0.2) is 67.0 Å². The van der Waals surface area contributed by atoms with Crippen molar-refractivity contribution in [3.8, 4) is 22.6 Å². The Morgan fingerprint density at radius 3 is 2.61 bits per heavy atom. The predicted octanol–water partition coefficient (Wildman–Crippen LogP) is 3.29. The highest BCUT2D eigenvalue weighted by Crippen LogP contribution is 2.21. The van der Waals surface area contributed by atoms with Gasteiger partial charge in [0.05, 0.1) is 11.4 Å². The Hall–Kier alpha value is -3.74. The lowest BCUT2D eigenvalue weighted by Gasteiger charge is -2.05. The van der Waals surface area contributed by atoms with Crippen molar-refractivity contribution >= 4 is 11.7 Å². The van der Waals surface area contributed by atoms with Crippen molar-refractivity contribution in [2.45, 2.75) is 13.5 Å². The third kappa shape index (κ3) is 3.68. The third-order valence-corrected chi connectivity index (χ3v) is 4.44. The van der Waals surface area contributed by atoms with Gasteiger partial charge in [0, 0.05) is 31.1 Å². The number of aryl methyl sites for hydroxylation is 2. The minimum atomic E-state index is -0.171. The van der Waals surface area contributed by atoms with Crippen LogP contribution in [0.2, 0.25) is 0 Å². The molecule has 0 fully saturated rings. The van der Waals surface area contributed by atoms with Crippen LogP contribution in [0.1, 0.15) is 5.56 Å². The van der Waals surface area contributed by atoms with E-state index in [1.165, 1.54) is 0 Å². The molecule has 140 valence electrons. The molecule has 0 aliphatic heterocycles. The minimum Gasteiger partial charge on any atom is -0.309 e. The maximum absolute atomic E-state index is 12.5. The number of hydrogen-bond donors (Lipinski definition) is 1. The van der Waals surface area contributed by atoms with Gasteiger partial charge in [-0.2, -0.15) is 10.2 Å². The van der Waals surface area contributed by atoms with E-state index in [0.29, 0.717) is 11.5 Å². The molecule has 3 aromatic heterocycles.